The van der Waals surface area contributed by atoms with Gasteiger partial charge >= 0.3 is 5.97 Å². The molecule has 1 aliphatic rings. The van der Waals surface area contributed by atoms with Crippen LogP contribution in [0.2, 0.25) is 0 Å². The lowest BCUT2D eigenvalue weighted by molar-refractivity contribution is -0.151. The van der Waals surface area contributed by atoms with Crippen LogP contribution in [0.3, 0.4) is 0 Å². The first-order chi connectivity index (χ1) is 7.61. The van der Waals surface area contributed by atoms with E-state index in [1.165, 1.54) is 7.11 Å². The first kappa shape index (κ1) is 13.0. The zero-order chi connectivity index (χ0) is 12.1. The Morgan fingerprint density at radius 3 is 2.75 bits per heavy atom. The van der Waals surface area contributed by atoms with Gasteiger partial charge in [-0.2, -0.15) is 0 Å². The van der Waals surface area contributed by atoms with Crippen LogP contribution in [0.15, 0.2) is 0 Å². The summed E-state index contributed by atoms with van der Waals surface area (Å²) in [4.78, 5) is 25.2. The Labute approximate surface area is 96.1 Å². The van der Waals surface area contributed by atoms with E-state index in [0.717, 1.165) is 13.0 Å². The highest BCUT2D eigenvalue weighted by Crippen LogP contribution is 2.19. The number of piperidine rings is 1. The highest BCUT2D eigenvalue weighted by molar-refractivity contribution is 5.88. The predicted molar refractivity (Wildman–Crippen MR) is 59.8 cm³/mol. The second-order valence-corrected chi connectivity index (χ2v) is 4.06. The van der Waals surface area contributed by atoms with Crippen LogP contribution in [-0.2, 0) is 14.3 Å². The van der Waals surface area contributed by atoms with Gasteiger partial charge in [0.05, 0.1) is 13.0 Å². The fourth-order valence-electron chi connectivity index (χ4n) is 1.95. The van der Waals surface area contributed by atoms with Crippen molar-refractivity contribution in [2.24, 2.45) is 5.92 Å². The van der Waals surface area contributed by atoms with E-state index in [9.17, 15) is 9.59 Å². The van der Waals surface area contributed by atoms with E-state index in [2.05, 4.69) is 5.32 Å². The number of esters is 1. The molecule has 1 rings (SSSR count). The van der Waals surface area contributed by atoms with Crippen LogP contribution >= 0.6 is 0 Å². The minimum absolute atomic E-state index is 0.0300. The van der Waals surface area contributed by atoms with Gasteiger partial charge < -0.3 is 15.0 Å². The van der Waals surface area contributed by atoms with Crippen molar-refractivity contribution in [3.63, 3.8) is 0 Å². The lowest BCUT2D eigenvalue weighted by Crippen LogP contribution is -2.54. The molecule has 1 heterocycles. The SMILES string of the molecule is CCN(C)C(=O)[C@H]1NCCC[C@H]1C(=O)OC. The summed E-state index contributed by atoms with van der Waals surface area (Å²) in [5, 5.41) is 3.11. The van der Waals surface area contributed by atoms with Gasteiger partial charge in [0.15, 0.2) is 0 Å². The lowest BCUT2D eigenvalue weighted by Gasteiger charge is -2.32. The molecular formula is C11H20N2O3. The average Bonchev–Trinajstić information content (AvgIpc) is 2.35. The van der Waals surface area contributed by atoms with Crippen LogP contribution in [0, 0.1) is 5.92 Å². The van der Waals surface area contributed by atoms with Gasteiger partial charge in [0.1, 0.15) is 6.04 Å². The van der Waals surface area contributed by atoms with Crippen molar-refractivity contribution >= 4 is 11.9 Å². The fourth-order valence-corrected chi connectivity index (χ4v) is 1.95. The molecule has 1 aliphatic heterocycles. The third-order valence-electron chi connectivity index (χ3n) is 3.08. The Balaban J connectivity index is 2.73. The third-order valence-corrected chi connectivity index (χ3v) is 3.08. The smallest absolute Gasteiger partial charge is 0.310 e. The Morgan fingerprint density at radius 2 is 2.19 bits per heavy atom. The molecule has 0 aliphatic carbocycles. The average molecular weight is 228 g/mol. The molecule has 0 aromatic heterocycles. The van der Waals surface area contributed by atoms with Crippen LogP contribution in [0.1, 0.15) is 19.8 Å². The van der Waals surface area contributed by atoms with E-state index < -0.39 is 6.04 Å². The second-order valence-electron chi connectivity index (χ2n) is 4.06. The summed E-state index contributed by atoms with van der Waals surface area (Å²) in [5.74, 6) is -0.673. The maximum absolute atomic E-state index is 12.0. The largest absolute Gasteiger partial charge is 0.469 e. The van der Waals surface area contributed by atoms with Gasteiger partial charge in [-0.3, -0.25) is 9.59 Å². The maximum atomic E-state index is 12.0. The number of carbonyl (C=O) groups excluding carboxylic acids is 2. The predicted octanol–water partition coefficient (Wildman–Crippen LogP) is 0.00590. The van der Waals surface area contributed by atoms with Gasteiger partial charge in [-0.25, -0.2) is 0 Å². The van der Waals surface area contributed by atoms with E-state index in [1.54, 1.807) is 11.9 Å². The molecule has 0 unspecified atom stereocenters. The van der Waals surface area contributed by atoms with Gasteiger partial charge in [0.2, 0.25) is 5.91 Å². The molecule has 0 saturated carbocycles. The Morgan fingerprint density at radius 1 is 1.50 bits per heavy atom. The number of methoxy groups -OCH3 is 1. The maximum Gasteiger partial charge on any atom is 0.310 e. The molecular weight excluding hydrogens is 208 g/mol. The normalized spacial score (nSPS) is 24.9. The van der Waals surface area contributed by atoms with E-state index in [0.29, 0.717) is 13.0 Å². The molecule has 0 spiro atoms. The van der Waals surface area contributed by atoms with Crippen LogP contribution in [0.5, 0.6) is 0 Å². The summed E-state index contributed by atoms with van der Waals surface area (Å²) in [6.07, 6.45) is 1.62. The molecule has 1 N–H and O–H groups in total. The van der Waals surface area contributed by atoms with Gasteiger partial charge in [-0.15, -0.1) is 0 Å². The van der Waals surface area contributed by atoms with Crippen molar-refractivity contribution in [1.29, 1.82) is 0 Å². The van der Waals surface area contributed by atoms with E-state index in [1.807, 2.05) is 6.92 Å². The van der Waals surface area contributed by atoms with Gasteiger partial charge in [-0.1, -0.05) is 0 Å². The first-order valence-corrected chi connectivity index (χ1v) is 5.68. The van der Waals surface area contributed by atoms with E-state index in [-0.39, 0.29) is 17.8 Å². The van der Waals surface area contributed by atoms with Crippen LogP contribution in [0.4, 0.5) is 0 Å². The van der Waals surface area contributed by atoms with Crippen LogP contribution in [-0.4, -0.2) is 50.1 Å². The summed E-state index contributed by atoms with van der Waals surface area (Å²) >= 11 is 0. The zero-order valence-electron chi connectivity index (χ0n) is 10.2. The molecule has 1 amide bonds. The van der Waals surface area contributed by atoms with Gasteiger partial charge in [0.25, 0.3) is 0 Å². The minimum Gasteiger partial charge on any atom is -0.469 e. The van der Waals surface area contributed by atoms with Gasteiger partial charge in [0, 0.05) is 13.6 Å². The number of nitrogens with one attached hydrogen (secondary N) is 1. The zero-order valence-corrected chi connectivity index (χ0v) is 10.2. The minimum atomic E-state index is -0.425. The molecule has 2 atom stereocenters. The topological polar surface area (TPSA) is 58.6 Å². The second kappa shape index (κ2) is 5.84. The van der Waals surface area contributed by atoms with E-state index in [4.69, 9.17) is 4.74 Å². The Hall–Kier alpha value is -1.10. The molecule has 0 aromatic carbocycles. The molecule has 0 aromatic rings. The number of nitrogens with zero attached hydrogens (tertiary/aromatic N) is 1. The van der Waals surface area contributed by atoms with Crippen molar-refractivity contribution in [3.05, 3.63) is 0 Å². The number of ether oxygens (including phenoxy) is 1. The lowest BCUT2D eigenvalue weighted by atomic mass is 9.90. The molecule has 0 radical (unpaired) electrons. The molecule has 16 heavy (non-hydrogen) atoms. The van der Waals surface area contributed by atoms with Crippen LogP contribution < -0.4 is 5.32 Å². The number of likely N-dealkylation sites (N-methyl/N-ethyl adjacent to an activating group) is 1. The van der Waals surface area contributed by atoms with E-state index >= 15 is 0 Å². The van der Waals surface area contributed by atoms with Crippen molar-refractivity contribution < 1.29 is 14.3 Å². The number of carbonyl (C=O) groups is 2. The highest BCUT2D eigenvalue weighted by atomic mass is 16.5. The summed E-state index contributed by atoms with van der Waals surface area (Å²) in [6, 6.07) is -0.425. The monoisotopic (exact) mass is 228 g/mol. The van der Waals surface area contributed by atoms with Crippen molar-refractivity contribution in [1.82, 2.24) is 10.2 Å². The third kappa shape index (κ3) is 2.72. The van der Waals surface area contributed by atoms with Crippen LogP contribution in [0.25, 0.3) is 0 Å². The number of hydrogen-bond acceptors (Lipinski definition) is 4. The first-order valence-electron chi connectivity index (χ1n) is 5.68. The molecule has 1 saturated heterocycles. The summed E-state index contributed by atoms with van der Waals surface area (Å²) in [5.41, 5.74) is 0. The summed E-state index contributed by atoms with van der Waals surface area (Å²) < 4.78 is 4.73. The molecule has 1 fully saturated rings. The number of amides is 1. The quantitative estimate of drug-likeness (QED) is 0.691. The Bertz CT molecular complexity index is 268. The molecule has 5 nitrogen and oxygen atoms in total. The van der Waals surface area contributed by atoms with Crippen molar-refractivity contribution in [2.75, 3.05) is 27.2 Å². The number of hydrogen-bond donors (Lipinski definition) is 1. The summed E-state index contributed by atoms with van der Waals surface area (Å²) in [6.45, 7) is 3.33. The molecule has 5 heteroatoms. The summed E-state index contributed by atoms with van der Waals surface area (Å²) in [7, 11) is 3.11. The molecule has 92 valence electrons. The standard InChI is InChI=1S/C11H20N2O3/c1-4-13(2)10(14)9-8(11(15)16-3)6-5-7-12-9/h8-9,12H,4-7H2,1-3H3/t8-,9+/m1/s1. The van der Waals surface area contributed by atoms with Crippen molar-refractivity contribution in [3.8, 4) is 0 Å². The fraction of sp³-hybridized carbons (Fsp3) is 0.818. The molecule has 0 bridgehead atoms. The highest BCUT2D eigenvalue weighted by Gasteiger charge is 2.37. The van der Waals surface area contributed by atoms with Crippen molar-refractivity contribution in [2.45, 2.75) is 25.8 Å². The number of rotatable bonds is 3. The Kier molecular flexibility index (Phi) is 4.73. The van der Waals surface area contributed by atoms with Gasteiger partial charge in [-0.05, 0) is 26.3 Å².